The van der Waals surface area contributed by atoms with Gasteiger partial charge in [0.15, 0.2) is 0 Å². The summed E-state index contributed by atoms with van der Waals surface area (Å²) < 4.78 is 0. The summed E-state index contributed by atoms with van der Waals surface area (Å²) >= 11 is 1.51. The zero-order valence-electron chi connectivity index (χ0n) is 12.0. The minimum absolute atomic E-state index is 0.0418. The first-order valence-electron chi connectivity index (χ1n) is 7.09. The number of nitrogens with one attached hydrogen (secondary N) is 1. The van der Waals surface area contributed by atoms with Crippen molar-refractivity contribution < 1.29 is 9.59 Å². The predicted molar refractivity (Wildman–Crippen MR) is 78.2 cm³/mol. The Balaban J connectivity index is 1.87. The van der Waals surface area contributed by atoms with Crippen molar-refractivity contribution in [3.8, 4) is 0 Å². The zero-order valence-corrected chi connectivity index (χ0v) is 12.8. The highest BCUT2D eigenvalue weighted by Gasteiger charge is 2.36. The van der Waals surface area contributed by atoms with E-state index in [9.17, 15) is 9.59 Å². The molecular weight excluding hydrogens is 274 g/mol. The van der Waals surface area contributed by atoms with Crippen LogP contribution in [0.2, 0.25) is 0 Å². The number of thiazole rings is 1. The second-order valence-corrected chi connectivity index (χ2v) is 5.83. The van der Waals surface area contributed by atoms with Gasteiger partial charge >= 0.3 is 0 Å². The van der Waals surface area contributed by atoms with E-state index in [2.05, 4.69) is 24.1 Å². The number of aromatic nitrogens is 1. The number of likely N-dealkylation sites (tertiary alicyclic amines) is 1. The Bertz CT molecular complexity index is 457. The Labute approximate surface area is 123 Å². The third-order valence-corrected chi connectivity index (χ3v) is 4.47. The van der Waals surface area contributed by atoms with Crippen molar-refractivity contribution >= 4 is 23.2 Å². The van der Waals surface area contributed by atoms with Crippen LogP contribution < -0.4 is 5.32 Å². The first kappa shape index (κ1) is 15.0. The van der Waals surface area contributed by atoms with Crippen molar-refractivity contribution in [2.24, 2.45) is 5.92 Å². The average Bonchev–Trinajstić information content (AvgIpc) is 3.08. The summed E-state index contributed by atoms with van der Waals surface area (Å²) in [6, 6.07) is 0.263. The molecule has 2 heterocycles. The van der Waals surface area contributed by atoms with Crippen LogP contribution in [0.4, 0.5) is 0 Å². The van der Waals surface area contributed by atoms with Gasteiger partial charge in [0.1, 0.15) is 0 Å². The van der Waals surface area contributed by atoms with Crippen LogP contribution in [-0.4, -0.2) is 34.3 Å². The molecule has 110 valence electrons. The molecule has 0 unspecified atom stereocenters. The predicted octanol–water partition coefficient (Wildman–Crippen LogP) is 1.80. The average molecular weight is 295 g/mol. The summed E-state index contributed by atoms with van der Waals surface area (Å²) in [5.41, 5.74) is 2.61. The van der Waals surface area contributed by atoms with E-state index in [1.807, 2.05) is 10.3 Å². The number of hydrogen-bond acceptors (Lipinski definition) is 4. The van der Waals surface area contributed by atoms with Crippen molar-refractivity contribution in [2.45, 2.75) is 45.7 Å². The molecule has 20 heavy (non-hydrogen) atoms. The van der Waals surface area contributed by atoms with Crippen molar-refractivity contribution in [3.05, 3.63) is 16.6 Å². The lowest BCUT2D eigenvalue weighted by Gasteiger charge is -2.26. The molecule has 6 heteroatoms. The molecular formula is C14H21N3O2S. The molecule has 1 aliphatic heterocycles. The Morgan fingerprint density at radius 3 is 2.90 bits per heavy atom. The second kappa shape index (κ2) is 6.83. The van der Waals surface area contributed by atoms with Gasteiger partial charge in [0, 0.05) is 24.4 Å². The molecule has 1 aromatic heterocycles. The third kappa shape index (κ3) is 3.36. The van der Waals surface area contributed by atoms with Gasteiger partial charge in [-0.15, -0.1) is 11.3 Å². The molecule has 1 N–H and O–H groups in total. The van der Waals surface area contributed by atoms with Crippen LogP contribution in [0.15, 0.2) is 10.9 Å². The monoisotopic (exact) mass is 295 g/mol. The number of nitrogens with zero attached hydrogens (tertiary/aromatic N) is 2. The molecule has 0 bridgehead atoms. The van der Waals surface area contributed by atoms with E-state index in [1.165, 1.54) is 11.3 Å². The maximum absolute atomic E-state index is 12.1. The number of hydrogen-bond donors (Lipinski definition) is 1. The van der Waals surface area contributed by atoms with Gasteiger partial charge in [0.2, 0.25) is 11.8 Å². The van der Waals surface area contributed by atoms with Crippen molar-refractivity contribution in [3.63, 3.8) is 0 Å². The molecule has 2 rings (SSSR count). The van der Waals surface area contributed by atoms with Crippen molar-refractivity contribution in [2.75, 3.05) is 6.54 Å². The van der Waals surface area contributed by atoms with Crippen LogP contribution in [0, 0.1) is 5.92 Å². The van der Waals surface area contributed by atoms with Gasteiger partial charge in [0.25, 0.3) is 0 Å². The summed E-state index contributed by atoms with van der Waals surface area (Å²) in [6.45, 7) is 5.15. The first-order valence-corrected chi connectivity index (χ1v) is 8.04. The van der Waals surface area contributed by atoms with E-state index in [0.717, 1.165) is 18.5 Å². The summed E-state index contributed by atoms with van der Waals surface area (Å²) in [6.07, 6.45) is 2.21. The third-order valence-electron chi connectivity index (χ3n) is 3.84. The minimum atomic E-state index is -0.221. The molecule has 5 nitrogen and oxygen atoms in total. The smallest absolute Gasteiger partial charge is 0.225 e. The van der Waals surface area contributed by atoms with E-state index in [1.54, 1.807) is 5.51 Å². The fourth-order valence-corrected chi connectivity index (χ4v) is 3.19. The molecule has 1 fully saturated rings. The molecule has 0 radical (unpaired) electrons. The first-order chi connectivity index (χ1) is 9.65. The molecule has 1 aliphatic rings. The van der Waals surface area contributed by atoms with Gasteiger partial charge in [-0.2, -0.15) is 0 Å². The largest absolute Gasteiger partial charge is 0.350 e. The Hall–Kier alpha value is -1.43. The highest BCUT2D eigenvalue weighted by molar-refractivity contribution is 7.07. The van der Waals surface area contributed by atoms with Crippen LogP contribution >= 0.6 is 11.3 Å². The lowest BCUT2D eigenvalue weighted by atomic mass is 10.1. The molecule has 1 atom stereocenters. The quantitative estimate of drug-likeness (QED) is 0.870. The zero-order chi connectivity index (χ0) is 14.5. The topological polar surface area (TPSA) is 62.3 Å². The SMILES string of the molecule is CCC(CC)N1C[C@@H](C(=O)NCc2cscn2)CC1=O. The van der Waals surface area contributed by atoms with Gasteiger partial charge in [-0.3, -0.25) is 9.59 Å². The lowest BCUT2D eigenvalue weighted by Crippen LogP contribution is -2.37. The molecule has 0 aromatic carbocycles. The molecule has 0 saturated carbocycles. The maximum atomic E-state index is 12.1. The second-order valence-electron chi connectivity index (χ2n) is 5.12. The van der Waals surface area contributed by atoms with Crippen molar-refractivity contribution in [1.82, 2.24) is 15.2 Å². The van der Waals surface area contributed by atoms with Gasteiger partial charge in [-0.25, -0.2) is 4.98 Å². The number of carbonyl (C=O) groups is 2. The molecule has 0 spiro atoms. The standard InChI is InChI=1S/C14H21N3O2S/c1-3-12(4-2)17-7-10(5-13(17)18)14(19)15-6-11-8-20-9-16-11/h8-10,12H,3-7H2,1-2H3,(H,15,19)/t10-/m0/s1. The number of carbonyl (C=O) groups excluding carboxylic acids is 2. The van der Waals surface area contributed by atoms with Gasteiger partial charge in [-0.05, 0) is 12.8 Å². The Kier molecular flexibility index (Phi) is 5.11. The highest BCUT2D eigenvalue weighted by atomic mass is 32.1. The molecule has 1 aromatic rings. The molecule has 2 amide bonds. The van der Waals surface area contributed by atoms with Crippen LogP contribution in [0.3, 0.4) is 0 Å². The van der Waals surface area contributed by atoms with E-state index in [0.29, 0.717) is 19.5 Å². The van der Waals surface area contributed by atoms with E-state index in [-0.39, 0.29) is 23.8 Å². The Morgan fingerprint density at radius 2 is 2.30 bits per heavy atom. The normalized spacial score (nSPS) is 18.9. The summed E-state index contributed by atoms with van der Waals surface area (Å²) in [4.78, 5) is 30.1. The minimum Gasteiger partial charge on any atom is -0.350 e. The van der Waals surface area contributed by atoms with Crippen LogP contribution in [-0.2, 0) is 16.1 Å². The van der Waals surface area contributed by atoms with E-state index in [4.69, 9.17) is 0 Å². The summed E-state index contributed by atoms with van der Waals surface area (Å²) in [7, 11) is 0. The van der Waals surface area contributed by atoms with Gasteiger partial charge in [-0.1, -0.05) is 13.8 Å². The van der Waals surface area contributed by atoms with Crippen molar-refractivity contribution in [1.29, 1.82) is 0 Å². The van der Waals surface area contributed by atoms with E-state index >= 15 is 0 Å². The summed E-state index contributed by atoms with van der Waals surface area (Å²) in [5.74, 6) is -0.158. The highest BCUT2D eigenvalue weighted by Crippen LogP contribution is 2.23. The van der Waals surface area contributed by atoms with Gasteiger partial charge < -0.3 is 10.2 Å². The number of amides is 2. The Morgan fingerprint density at radius 1 is 1.55 bits per heavy atom. The van der Waals surface area contributed by atoms with Crippen LogP contribution in [0.5, 0.6) is 0 Å². The summed E-state index contributed by atoms with van der Waals surface area (Å²) in [5, 5.41) is 4.78. The fourth-order valence-electron chi connectivity index (χ4n) is 2.64. The fraction of sp³-hybridized carbons (Fsp3) is 0.643. The lowest BCUT2D eigenvalue weighted by molar-refractivity contribution is -0.130. The van der Waals surface area contributed by atoms with Crippen LogP contribution in [0.1, 0.15) is 38.8 Å². The van der Waals surface area contributed by atoms with Crippen LogP contribution in [0.25, 0.3) is 0 Å². The van der Waals surface area contributed by atoms with E-state index < -0.39 is 0 Å². The molecule has 0 aliphatic carbocycles. The molecule has 1 saturated heterocycles. The maximum Gasteiger partial charge on any atom is 0.225 e. The van der Waals surface area contributed by atoms with Gasteiger partial charge in [0.05, 0.1) is 23.7 Å². The number of rotatable bonds is 6.